The minimum atomic E-state index is 0.123. The molecule has 0 unspecified atom stereocenters. The fraction of sp³-hybridized carbons (Fsp3) is 0.0370. The van der Waals surface area contributed by atoms with E-state index in [1.165, 1.54) is 0 Å². The van der Waals surface area contributed by atoms with Gasteiger partial charge in [0.15, 0.2) is 0 Å². The van der Waals surface area contributed by atoms with E-state index in [-0.39, 0.29) is 5.75 Å². The second-order valence-electron chi connectivity index (χ2n) is 7.67. The molecule has 3 aromatic carbocycles. The number of benzene rings is 3. The molecule has 3 aromatic heterocycles. The van der Waals surface area contributed by atoms with Crippen molar-refractivity contribution in [3.05, 3.63) is 91.0 Å². The van der Waals surface area contributed by atoms with Gasteiger partial charge in [-0.25, -0.2) is 4.98 Å². The van der Waals surface area contributed by atoms with Gasteiger partial charge < -0.3 is 14.6 Å². The lowest BCUT2D eigenvalue weighted by atomic mass is 10.1. The van der Waals surface area contributed by atoms with Gasteiger partial charge in [0.25, 0.3) is 0 Å². The van der Waals surface area contributed by atoms with Crippen molar-refractivity contribution in [3.8, 4) is 29.1 Å². The van der Waals surface area contributed by atoms with Crippen LogP contribution in [0.15, 0.2) is 91.0 Å². The van der Waals surface area contributed by atoms with Gasteiger partial charge in [-0.3, -0.25) is 4.57 Å². The normalized spacial score (nSPS) is 11.3. The molecule has 6 nitrogen and oxygen atoms in total. The summed E-state index contributed by atoms with van der Waals surface area (Å²) in [5.41, 5.74) is 2.50. The first-order valence-corrected chi connectivity index (χ1v) is 10.5. The highest BCUT2D eigenvalue weighted by Gasteiger charge is 2.15. The van der Waals surface area contributed by atoms with Crippen molar-refractivity contribution < 1.29 is 14.6 Å². The molecule has 0 saturated heterocycles. The van der Waals surface area contributed by atoms with Crippen LogP contribution < -0.4 is 9.47 Å². The summed E-state index contributed by atoms with van der Waals surface area (Å²) >= 11 is 0. The Morgan fingerprint density at radius 3 is 2.48 bits per heavy atom. The van der Waals surface area contributed by atoms with Crippen LogP contribution in [0.4, 0.5) is 0 Å². The zero-order chi connectivity index (χ0) is 22.4. The lowest BCUT2D eigenvalue weighted by Gasteiger charge is -2.10. The molecule has 160 valence electrons. The number of aromatic nitrogens is 3. The summed E-state index contributed by atoms with van der Waals surface area (Å²) in [6.07, 6.45) is 0. The van der Waals surface area contributed by atoms with Crippen molar-refractivity contribution in [2.24, 2.45) is 0 Å². The number of methoxy groups -OCH3 is 1. The van der Waals surface area contributed by atoms with Gasteiger partial charge in [0.05, 0.1) is 18.1 Å². The summed E-state index contributed by atoms with van der Waals surface area (Å²) in [6, 6.07) is 28.9. The molecule has 0 radical (unpaired) electrons. The fourth-order valence-electron chi connectivity index (χ4n) is 4.19. The Kier molecular flexibility index (Phi) is 4.36. The number of fused-ring (bicyclic) bond motifs is 4. The van der Waals surface area contributed by atoms with Crippen LogP contribution in [0.3, 0.4) is 0 Å². The van der Waals surface area contributed by atoms with Crippen LogP contribution in [0.1, 0.15) is 0 Å². The average molecular weight is 433 g/mol. The molecule has 1 N–H and O–H groups in total. The number of nitrogens with zero attached hydrogens (tertiary/aromatic N) is 3. The first kappa shape index (κ1) is 19.1. The van der Waals surface area contributed by atoms with Crippen molar-refractivity contribution in [2.45, 2.75) is 0 Å². The Morgan fingerprint density at radius 2 is 1.58 bits per heavy atom. The van der Waals surface area contributed by atoms with Gasteiger partial charge >= 0.3 is 0 Å². The number of pyridine rings is 2. The summed E-state index contributed by atoms with van der Waals surface area (Å²) in [5, 5.41) is 13.2. The minimum Gasteiger partial charge on any atom is -0.506 e. The first-order valence-electron chi connectivity index (χ1n) is 10.5. The van der Waals surface area contributed by atoms with E-state index in [1.807, 2.05) is 60.7 Å². The Balaban J connectivity index is 1.51. The van der Waals surface area contributed by atoms with Crippen LogP contribution in [-0.4, -0.2) is 26.8 Å². The number of para-hydroxylation sites is 2. The average Bonchev–Trinajstić information content (AvgIpc) is 3.18. The third-order valence-corrected chi connectivity index (χ3v) is 5.69. The summed E-state index contributed by atoms with van der Waals surface area (Å²) in [7, 11) is 1.61. The molecule has 0 aliphatic rings. The van der Waals surface area contributed by atoms with Crippen LogP contribution in [-0.2, 0) is 0 Å². The predicted octanol–water partition coefficient (Wildman–Crippen LogP) is 6.23. The molecule has 6 aromatic rings. The Hall–Kier alpha value is -4.58. The molecule has 0 atom stereocenters. The van der Waals surface area contributed by atoms with E-state index in [9.17, 15) is 5.11 Å². The lowest BCUT2D eigenvalue weighted by Crippen LogP contribution is -1.99. The zero-order valence-corrected chi connectivity index (χ0v) is 17.8. The third kappa shape index (κ3) is 3.20. The van der Waals surface area contributed by atoms with Gasteiger partial charge in [0.2, 0.25) is 11.8 Å². The number of aromatic hydroxyl groups is 1. The van der Waals surface area contributed by atoms with E-state index in [4.69, 9.17) is 9.47 Å². The van der Waals surface area contributed by atoms with Crippen molar-refractivity contribution in [1.82, 2.24) is 14.5 Å². The SMILES string of the molecule is COc1cccc(-n2c3ccccc3c3ccc(Oc4ccc5cccc(O)c5n4)cc32)n1. The summed E-state index contributed by atoms with van der Waals surface area (Å²) in [6.45, 7) is 0. The van der Waals surface area contributed by atoms with Gasteiger partial charge in [-0.1, -0.05) is 36.4 Å². The number of ether oxygens (including phenoxy) is 2. The minimum absolute atomic E-state index is 0.123. The highest BCUT2D eigenvalue weighted by Crippen LogP contribution is 2.35. The van der Waals surface area contributed by atoms with Crippen LogP contribution in [0, 0.1) is 0 Å². The molecule has 0 bridgehead atoms. The molecule has 0 amide bonds. The second kappa shape index (κ2) is 7.53. The standard InChI is InChI=1S/C27H19N3O3/c1-32-25-11-5-10-24(28-25)30-21-8-3-2-7-19(21)20-14-13-18(16-22(20)30)33-26-15-12-17-6-4-9-23(31)27(17)29-26/h2-16,31H,1H3. The largest absolute Gasteiger partial charge is 0.506 e. The smallest absolute Gasteiger partial charge is 0.219 e. The number of rotatable bonds is 4. The van der Waals surface area contributed by atoms with Gasteiger partial charge in [-0.2, -0.15) is 4.98 Å². The monoisotopic (exact) mass is 433 g/mol. The molecular formula is C27H19N3O3. The molecule has 0 aliphatic heterocycles. The summed E-state index contributed by atoms with van der Waals surface area (Å²) < 4.78 is 13.5. The van der Waals surface area contributed by atoms with Crippen LogP contribution >= 0.6 is 0 Å². The van der Waals surface area contributed by atoms with Crippen LogP contribution in [0.25, 0.3) is 38.5 Å². The zero-order valence-electron chi connectivity index (χ0n) is 17.8. The van der Waals surface area contributed by atoms with E-state index < -0.39 is 0 Å². The maximum Gasteiger partial charge on any atom is 0.219 e. The number of phenolic OH excluding ortho intramolecular Hbond substituents is 1. The molecule has 6 rings (SSSR count). The summed E-state index contributed by atoms with van der Waals surface area (Å²) in [4.78, 5) is 9.14. The quantitative estimate of drug-likeness (QED) is 0.357. The van der Waals surface area contributed by atoms with Crippen molar-refractivity contribution >= 4 is 32.7 Å². The van der Waals surface area contributed by atoms with Crippen molar-refractivity contribution in [2.75, 3.05) is 7.11 Å². The summed E-state index contributed by atoms with van der Waals surface area (Å²) in [5.74, 6) is 2.47. The lowest BCUT2D eigenvalue weighted by molar-refractivity contribution is 0.397. The van der Waals surface area contributed by atoms with Gasteiger partial charge in [-0.15, -0.1) is 0 Å². The number of hydrogen-bond acceptors (Lipinski definition) is 5. The van der Waals surface area contributed by atoms with Gasteiger partial charge in [0, 0.05) is 34.4 Å². The maximum atomic E-state index is 10.2. The molecule has 6 heteroatoms. The highest BCUT2D eigenvalue weighted by molar-refractivity contribution is 6.09. The van der Waals surface area contributed by atoms with E-state index in [1.54, 1.807) is 25.3 Å². The van der Waals surface area contributed by atoms with Gasteiger partial charge in [-0.05, 0) is 36.4 Å². The van der Waals surface area contributed by atoms with Crippen molar-refractivity contribution in [3.63, 3.8) is 0 Å². The maximum absolute atomic E-state index is 10.2. The van der Waals surface area contributed by atoms with E-state index in [0.717, 1.165) is 33.0 Å². The Morgan fingerprint density at radius 1 is 0.727 bits per heavy atom. The first-order chi connectivity index (χ1) is 16.2. The topological polar surface area (TPSA) is 69.4 Å². The van der Waals surface area contributed by atoms with Crippen LogP contribution in [0.2, 0.25) is 0 Å². The van der Waals surface area contributed by atoms with Gasteiger partial charge in [0.1, 0.15) is 22.8 Å². The molecule has 33 heavy (non-hydrogen) atoms. The number of phenols is 1. The number of hydrogen-bond donors (Lipinski definition) is 1. The Bertz CT molecular complexity index is 1660. The third-order valence-electron chi connectivity index (χ3n) is 5.69. The van der Waals surface area contributed by atoms with E-state index in [2.05, 4.69) is 26.7 Å². The molecule has 3 heterocycles. The van der Waals surface area contributed by atoms with Crippen molar-refractivity contribution in [1.29, 1.82) is 0 Å². The molecular weight excluding hydrogens is 414 g/mol. The second-order valence-corrected chi connectivity index (χ2v) is 7.67. The molecule has 0 aliphatic carbocycles. The highest BCUT2D eigenvalue weighted by atomic mass is 16.5. The predicted molar refractivity (Wildman–Crippen MR) is 129 cm³/mol. The van der Waals surface area contributed by atoms with Crippen LogP contribution in [0.5, 0.6) is 23.3 Å². The fourth-order valence-corrected chi connectivity index (χ4v) is 4.19. The molecule has 0 fully saturated rings. The van der Waals surface area contributed by atoms with E-state index in [0.29, 0.717) is 23.0 Å². The Labute approximate surface area is 189 Å². The molecule has 0 spiro atoms. The molecule has 0 saturated carbocycles. The van der Waals surface area contributed by atoms with E-state index >= 15 is 0 Å².